The molecule has 0 saturated carbocycles. The molecule has 90 valence electrons. The Kier molecular flexibility index (Phi) is 7.42. The van der Waals surface area contributed by atoms with Crippen LogP contribution in [0.3, 0.4) is 0 Å². The van der Waals surface area contributed by atoms with Crippen molar-refractivity contribution in [2.75, 3.05) is 11.5 Å². The predicted molar refractivity (Wildman–Crippen MR) is 79.9 cm³/mol. The van der Waals surface area contributed by atoms with Crippen LogP contribution in [0.25, 0.3) is 0 Å². The van der Waals surface area contributed by atoms with Crippen molar-refractivity contribution in [1.82, 2.24) is 0 Å². The number of thioether (sulfide) groups is 1. The fraction of sp³-hybridized carbons (Fsp3) is 0.538. The van der Waals surface area contributed by atoms with E-state index < -0.39 is 0 Å². The number of thiol groups is 1. The third kappa shape index (κ3) is 6.07. The molecule has 0 heterocycles. The molecule has 0 aliphatic rings. The standard InChI is InChI=1S/C13H19ClS2/c1-11(6-8-15)7-9-16-10-12-2-4-13(14)5-3-12/h2-5,11,15H,6-10H2,1H3. The SMILES string of the molecule is CC(CCS)CCSCc1ccc(Cl)cc1. The zero-order valence-electron chi connectivity index (χ0n) is 9.66. The van der Waals surface area contributed by atoms with Crippen LogP contribution in [0.5, 0.6) is 0 Å². The van der Waals surface area contributed by atoms with E-state index in [1.807, 2.05) is 23.9 Å². The van der Waals surface area contributed by atoms with E-state index >= 15 is 0 Å². The maximum absolute atomic E-state index is 5.84. The van der Waals surface area contributed by atoms with E-state index in [0.29, 0.717) is 0 Å². The minimum Gasteiger partial charge on any atom is -0.179 e. The van der Waals surface area contributed by atoms with Crippen LogP contribution in [0, 0.1) is 5.92 Å². The summed E-state index contributed by atoms with van der Waals surface area (Å²) in [5.74, 6) is 4.13. The van der Waals surface area contributed by atoms with Gasteiger partial charge in [0.2, 0.25) is 0 Å². The van der Waals surface area contributed by atoms with Gasteiger partial charge in [-0.1, -0.05) is 30.7 Å². The summed E-state index contributed by atoms with van der Waals surface area (Å²) < 4.78 is 0. The first-order chi connectivity index (χ1) is 7.72. The molecule has 3 heteroatoms. The first kappa shape index (κ1) is 14.3. The first-order valence-electron chi connectivity index (χ1n) is 5.65. The van der Waals surface area contributed by atoms with Gasteiger partial charge in [-0.2, -0.15) is 24.4 Å². The zero-order valence-corrected chi connectivity index (χ0v) is 12.1. The van der Waals surface area contributed by atoms with Crippen LogP contribution in [0.4, 0.5) is 0 Å². The highest BCUT2D eigenvalue weighted by Crippen LogP contribution is 2.18. The molecule has 0 aromatic heterocycles. The molecular formula is C13H19ClS2. The van der Waals surface area contributed by atoms with E-state index in [0.717, 1.165) is 22.4 Å². The number of halogens is 1. The van der Waals surface area contributed by atoms with E-state index in [4.69, 9.17) is 11.6 Å². The summed E-state index contributed by atoms with van der Waals surface area (Å²) in [5, 5.41) is 0.816. The van der Waals surface area contributed by atoms with Gasteiger partial charge in [0.05, 0.1) is 0 Å². The Hall–Kier alpha value is 0.210. The third-order valence-electron chi connectivity index (χ3n) is 2.56. The molecule has 1 atom stereocenters. The van der Waals surface area contributed by atoms with E-state index in [-0.39, 0.29) is 0 Å². The number of rotatable bonds is 7. The van der Waals surface area contributed by atoms with Gasteiger partial charge in [0.1, 0.15) is 0 Å². The largest absolute Gasteiger partial charge is 0.179 e. The summed E-state index contributed by atoms with van der Waals surface area (Å²) in [4.78, 5) is 0. The second kappa shape index (κ2) is 8.32. The Bertz CT molecular complexity index is 284. The molecule has 0 aliphatic heterocycles. The predicted octanol–water partition coefficient (Wildman–Crippen LogP) is 4.92. The molecule has 0 N–H and O–H groups in total. The van der Waals surface area contributed by atoms with Crippen molar-refractivity contribution in [2.45, 2.75) is 25.5 Å². The van der Waals surface area contributed by atoms with E-state index in [2.05, 4.69) is 31.7 Å². The number of hydrogen-bond donors (Lipinski definition) is 1. The maximum atomic E-state index is 5.84. The quantitative estimate of drug-likeness (QED) is 0.544. The summed E-state index contributed by atoms with van der Waals surface area (Å²) in [6.45, 7) is 2.30. The van der Waals surface area contributed by atoms with Crippen molar-refractivity contribution in [2.24, 2.45) is 5.92 Å². The van der Waals surface area contributed by atoms with E-state index in [9.17, 15) is 0 Å². The highest BCUT2D eigenvalue weighted by atomic mass is 35.5. The lowest BCUT2D eigenvalue weighted by atomic mass is 10.1. The number of hydrogen-bond acceptors (Lipinski definition) is 2. The minimum absolute atomic E-state index is 0.801. The Labute approximate surface area is 114 Å². The van der Waals surface area contributed by atoms with Crippen LogP contribution >= 0.6 is 36.0 Å². The van der Waals surface area contributed by atoms with Crippen LogP contribution in [0.2, 0.25) is 5.02 Å². The molecule has 0 spiro atoms. The Morgan fingerprint density at radius 3 is 2.56 bits per heavy atom. The van der Waals surface area contributed by atoms with E-state index in [1.54, 1.807) is 0 Å². The van der Waals surface area contributed by atoms with Crippen molar-refractivity contribution in [3.8, 4) is 0 Å². The van der Waals surface area contributed by atoms with Gasteiger partial charge in [-0.25, -0.2) is 0 Å². The Morgan fingerprint density at radius 1 is 1.25 bits per heavy atom. The second-order valence-corrected chi connectivity index (χ2v) is 6.07. The molecule has 1 aromatic rings. The topological polar surface area (TPSA) is 0 Å². The minimum atomic E-state index is 0.801. The molecule has 1 rings (SSSR count). The van der Waals surface area contributed by atoms with Gasteiger partial charge in [0.15, 0.2) is 0 Å². The highest BCUT2D eigenvalue weighted by molar-refractivity contribution is 7.98. The summed E-state index contributed by atoms with van der Waals surface area (Å²) in [6, 6.07) is 8.13. The Morgan fingerprint density at radius 2 is 1.94 bits per heavy atom. The average Bonchev–Trinajstić information content (AvgIpc) is 2.27. The molecule has 0 nitrogen and oxygen atoms in total. The molecule has 0 bridgehead atoms. The molecule has 16 heavy (non-hydrogen) atoms. The van der Waals surface area contributed by atoms with Crippen molar-refractivity contribution < 1.29 is 0 Å². The third-order valence-corrected chi connectivity index (χ3v) is 4.13. The van der Waals surface area contributed by atoms with Gasteiger partial charge in [-0.15, -0.1) is 0 Å². The normalized spacial score (nSPS) is 12.7. The fourth-order valence-electron chi connectivity index (χ4n) is 1.42. The summed E-state index contributed by atoms with van der Waals surface area (Å²) in [6.07, 6.45) is 2.52. The van der Waals surface area contributed by atoms with Crippen molar-refractivity contribution in [1.29, 1.82) is 0 Å². The zero-order chi connectivity index (χ0) is 11.8. The maximum Gasteiger partial charge on any atom is 0.0406 e. The van der Waals surface area contributed by atoms with Crippen LogP contribution in [-0.2, 0) is 5.75 Å². The van der Waals surface area contributed by atoms with Crippen LogP contribution in [0.1, 0.15) is 25.3 Å². The fourth-order valence-corrected chi connectivity index (χ4v) is 3.13. The second-order valence-electron chi connectivity index (χ2n) is 4.09. The lowest BCUT2D eigenvalue weighted by Gasteiger charge is -2.08. The molecule has 0 radical (unpaired) electrons. The average molecular weight is 275 g/mol. The molecule has 0 fully saturated rings. The van der Waals surface area contributed by atoms with Crippen LogP contribution in [0.15, 0.2) is 24.3 Å². The smallest absolute Gasteiger partial charge is 0.0406 e. The van der Waals surface area contributed by atoms with Gasteiger partial charge in [-0.3, -0.25) is 0 Å². The van der Waals surface area contributed by atoms with E-state index in [1.165, 1.54) is 24.2 Å². The van der Waals surface area contributed by atoms with Gasteiger partial charge in [0.25, 0.3) is 0 Å². The van der Waals surface area contributed by atoms with Gasteiger partial charge >= 0.3 is 0 Å². The molecule has 0 aliphatic carbocycles. The van der Waals surface area contributed by atoms with Crippen molar-refractivity contribution >= 4 is 36.0 Å². The van der Waals surface area contributed by atoms with Crippen LogP contribution < -0.4 is 0 Å². The molecule has 0 amide bonds. The van der Waals surface area contributed by atoms with Crippen molar-refractivity contribution in [3.05, 3.63) is 34.9 Å². The van der Waals surface area contributed by atoms with Crippen LogP contribution in [-0.4, -0.2) is 11.5 Å². The lowest BCUT2D eigenvalue weighted by molar-refractivity contribution is 0.554. The van der Waals surface area contributed by atoms with Crippen molar-refractivity contribution in [3.63, 3.8) is 0 Å². The summed E-state index contributed by atoms with van der Waals surface area (Å²) in [7, 11) is 0. The number of benzene rings is 1. The molecular weight excluding hydrogens is 256 g/mol. The monoisotopic (exact) mass is 274 g/mol. The molecule has 1 aromatic carbocycles. The van der Waals surface area contributed by atoms with Gasteiger partial charge < -0.3 is 0 Å². The molecule has 1 unspecified atom stereocenters. The highest BCUT2D eigenvalue weighted by Gasteiger charge is 2.01. The summed E-state index contributed by atoms with van der Waals surface area (Å²) >= 11 is 12.1. The summed E-state index contributed by atoms with van der Waals surface area (Å²) in [5.41, 5.74) is 1.36. The Balaban J connectivity index is 2.13. The lowest BCUT2D eigenvalue weighted by Crippen LogP contribution is -1.97. The molecule has 0 saturated heterocycles. The van der Waals surface area contributed by atoms with Gasteiger partial charge in [-0.05, 0) is 48.0 Å². The first-order valence-corrected chi connectivity index (χ1v) is 7.82. The van der Waals surface area contributed by atoms with Gasteiger partial charge in [0, 0.05) is 10.8 Å².